The van der Waals surface area contributed by atoms with E-state index >= 15 is 0 Å². The van der Waals surface area contributed by atoms with Gasteiger partial charge in [0.15, 0.2) is 16.7 Å². The Morgan fingerprint density at radius 1 is 1.19 bits per heavy atom. The third-order valence-electron chi connectivity index (χ3n) is 2.20. The summed E-state index contributed by atoms with van der Waals surface area (Å²) in [5.41, 5.74) is -1.43. The van der Waals surface area contributed by atoms with Gasteiger partial charge in [0.05, 0.1) is 5.41 Å². The van der Waals surface area contributed by atoms with Crippen LogP contribution in [0.25, 0.3) is 0 Å². The van der Waals surface area contributed by atoms with E-state index in [1.165, 1.54) is 20.8 Å². The second-order valence-corrected chi connectivity index (χ2v) is 6.41. The van der Waals surface area contributed by atoms with E-state index in [1.54, 1.807) is 0 Å². The van der Waals surface area contributed by atoms with Crippen molar-refractivity contribution in [2.45, 2.75) is 26.0 Å². The van der Waals surface area contributed by atoms with Gasteiger partial charge < -0.3 is 14.0 Å². The van der Waals surface area contributed by atoms with Crippen LogP contribution in [0.3, 0.4) is 0 Å². The van der Waals surface area contributed by atoms with Crippen molar-refractivity contribution < 1.29 is 40.8 Å². The van der Waals surface area contributed by atoms with E-state index in [4.69, 9.17) is 0 Å². The van der Waals surface area contributed by atoms with E-state index in [9.17, 15) is 31.3 Å². The Labute approximate surface area is 120 Å². The highest BCUT2D eigenvalue weighted by Crippen LogP contribution is 2.24. The SMILES string of the molecule is C=C(C)C(=O)OCC(C)(C)C(=O)OCC(F)(F)S(=O)(=O)[O-]. The lowest BCUT2D eigenvalue weighted by atomic mass is 9.95. The summed E-state index contributed by atoms with van der Waals surface area (Å²) in [5.74, 6) is -2.04. The van der Waals surface area contributed by atoms with Crippen LogP contribution in [0.2, 0.25) is 0 Å². The molecule has 0 amide bonds. The van der Waals surface area contributed by atoms with E-state index in [-0.39, 0.29) is 5.57 Å². The lowest BCUT2D eigenvalue weighted by Crippen LogP contribution is -2.39. The van der Waals surface area contributed by atoms with E-state index in [2.05, 4.69) is 16.1 Å². The summed E-state index contributed by atoms with van der Waals surface area (Å²) in [6.45, 7) is 4.73. The maximum atomic E-state index is 12.8. The van der Waals surface area contributed by atoms with Gasteiger partial charge in [-0.1, -0.05) is 6.58 Å². The molecule has 0 aromatic heterocycles. The molecule has 10 heteroatoms. The highest BCUT2D eigenvalue weighted by Gasteiger charge is 2.41. The molecule has 0 aliphatic heterocycles. The summed E-state index contributed by atoms with van der Waals surface area (Å²) in [7, 11) is -5.94. The molecule has 122 valence electrons. The molecular weight excluding hydrogens is 314 g/mol. The smallest absolute Gasteiger partial charge is 0.367 e. The maximum absolute atomic E-state index is 12.8. The van der Waals surface area contributed by atoms with Crippen molar-refractivity contribution in [2.24, 2.45) is 5.41 Å². The second kappa shape index (κ2) is 6.48. The summed E-state index contributed by atoms with van der Waals surface area (Å²) in [5, 5.41) is -4.73. The minimum Gasteiger partial charge on any atom is -0.743 e. The van der Waals surface area contributed by atoms with Crippen LogP contribution in [0.15, 0.2) is 12.2 Å². The number of hydrogen-bond donors (Lipinski definition) is 0. The Hall–Kier alpha value is -1.55. The average Bonchev–Trinajstić information content (AvgIpc) is 2.31. The number of hydrogen-bond acceptors (Lipinski definition) is 7. The molecule has 0 unspecified atom stereocenters. The van der Waals surface area contributed by atoms with Crippen LogP contribution in [0.1, 0.15) is 20.8 Å². The normalized spacial score (nSPS) is 12.7. The lowest BCUT2D eigenvalue weighted by Gasteiger charge is -2.25. The molecule has 0 saturated heterocycles. The Morgan fingerprint density at radius 2 is 1.67 bits per heavy atom. The van der Waals surface area contributed by atoms with Gasteiger partial charge in [-0.2, -0.15) is 8.78 Å². The lowest BCUT2D eigenvalue weighted by molar-refractivity contribution is -0.165. The van der Waals surface area contributed by atoms with Crippen molar-refractivity contribution in [3.05, 3.63) is 12.2 Å². The number of carbonyl (C=O) groups excluding carboxylic acids is 2. The topological polar surface area (TPSA) is 110 Å². The Bertz CT molecular complexity index is 537. The number of alkyl halides is 2. The van der Waals surface area contributed by atoms with Crippen LogP contribution in [-0.2, 0) is 29.2 Å². The summed E-state index contributed by atoms with van der Waals surface area (Å²) >= 11 is 0. The van der Waals surface area contributed by atoms with Crippen LogP contribution < -0.4 is 0 Å². The van der Waals surface area contributed by atoms with E-state index in [0.717, 1.165) is 0 Å². The number of rotatable bonds is 7. The zero-order valence-electron chi connectivity index (χ0n) is 11.6. The van der Waals surface area contributed by atoms with Gasteiger partial charge in [-0.3, -0.25) is 4.79 Å². The number of esters is 2. The Kier molecular flexibility index (Phi) is 6.00. The third-order valence-corrected chi connectivity index (χ3v) is 3.05. The molecule has 0 fully saturated rings. The van der Waals surface area contributed by atoms with Crippen molar-refractivity contribution in [3.8, 4) is 0 Å². The second-order valence-electron chi connectivity index (χ2n) is 4.91. The fourth-order valence-corrected chi connectivity index (χ4v) is 1.05. The van der Waals surface area contributed by atoms with Gasteiger partial charge in [0.2, 0.25) is 0 Å². The first-order valence-corrected chi connectivity index (χ1v) is 6.94. The summed E-state index contributed by atoms with van der Waals surface area (Å²) in [4.78, 5) is 22.7. The molecule has 0 atom stereocenters. The molecule has 0 bridgehead atoms. The number of ether oxygens (including phenoxy) is 2. The first kappa shape index (κ1) is 19.4. The average molecular weight is 329 g/mol. The molecule has 7 nitrogen and oxygen atoms in total. The summed E-state index contributed by atoms with van der Waals surface area (Å²) in [6, 6.07) is 0. The molecule has 0 aliphatic carbocycles. The van der Waals surface area contributed by atoms with Gasteiger partial charge in [0.25, 0.3) is 0 Å². The van der Waals surface area contributed by atoms with Crippen molar-refractivity contribution in [3.63, 3.8) is 0 Å². The largest absolute Gasteiger partial charge is 0.743 e. The molecule has 0 aliphatic rings. The van der Waals surface area contributed by atoms with Gasteiger partial charge in [0.1, 0.15) is 6.61 Å². The van der Waals surface area contributed by atoms with Crippen LogP contribution in [-0.4, -0.2) is 43.4 Å². The highest BCUT2D eigenvalue weighted by molar-refractivity contribution is 7.86. The quantitative estimate of drug-likeness (QED) is 0.386. The molecule has 21 heavy (non-hydrogen) atoms. The molecule has 0 saturated carbocycles. The van der Waals surface area contributed by atoms with Crippen LogP contribution in [0, 0.1) is 5.41 Å². The molecule has 0 spiro atoms. The summed E-state index contributed by atoms with van der Waals surface area (Å²) in [6.07, 6.45) is 0. The molecule has 0 aromatic carbocycles. The van der Waals surface area contributed by atoms with Crippen molar-refractivity contribution >= 4 is 22.1 Å². The molecule has 0 radical (unpaired) electrons. The fraction of sp³-hybridized carbons (Fsp3) is 0.636. The molecule has 0 aromatic rings. The van der Waals surface area contributed by atoms with E-state index < -0.39 is 45.9 Å². The first-order valence-electron chi connectivity index (χ1n) is 5.54. The van der Waals surface area contributed by atoms with Crippen molar-refractivity contribution in [1.82, 2.24) is 0 Å². The van der Waals surface area contributed by atoms with Gasteiger partial charge in [-0.15, -0.1) is 0 Å². The van der Waals surface area contributed by atoms with Gasteiger partial charge >= 0.3 is 17.2 Å². The zero-order valence-corrected chi connectivity index (χ0v) is 12.5. The number of halogens is 2. The van der Waals surface area contributed by atoms with Crippen molar-refractivity contribution in [2.75, 3.05) is 13.2 Å². The van der Waals surface area contributed by atoms with Gasteiger partial charge in [-0.25, -0.2) is 13.2 Å². The van der Waals surface area contributed by atoms with Crippen LogP contribution >= 0.6 is 0 Å². The molecule has 0 rings (SSSR count). The van der Waals surface area contributed by atoms with Gasteiger partial charge in [-0.05, 0) is 20.8 Å². The molecular formula is C11H15F2O7S-. The maximum Gasteiger partial charge on any atom is 0.367 e. The standard InChI is InChI=1S/C11H16F2O7S/c1-7(2)8(14)19-5-10(3,4)9(15)20-6-11(12,13)21(16,17)18/h1,5-6H2,2-4H3,(H,16,17,18)/p-1. The first-order chi connectivity index (χ1) is 9.21. The minimum absolute atomic E-state index is 0.0724. The predicted octanol–water partition coefficient (Wildman–Crippen LogP) is 0.813. The Morgan fingerprint density at radius 3 is 2.05 bits per heavy atom. The predicted molar refractivity (Wildman–Crippen MR) is 65.2 cm³/mol. The Balaban J connectivity index is 4.65. The zero-order chi connectivity index (χ0) is 17.1. The number of carbonyl (C=O) groups is 2. The van der Waals surface area contributed by atoms with Crippen molar-refractivity contribution in [1.29, 1.82) is 0 Å². The third kappa shape index (κ3) is 5.76. The van der Waals surface area contributed by atoms with Crippen LogP contribution in [0.5, 0.6) is 0 Å². The molecule has 0 N–H and O–H groups in total. The van der Waals surface area contributed by atoms with E-state index in [1.807, 2.05) is 0 Å². The fourth-order valence-electron chi connectivity index (χ4n) is 0.845. The van der Waals surface area contributed by atoms with Crippen LogP contribution in [0.4, 0.5) is 8.78 Å². The minimum atomic E-state index is -5.94. The molecule has 0 heterocycles. The monoisotopic (exact) mass is 329 g/mol. The van der Waals surface area contributed by atoms with Gasteiger partial charge in [0, 0.05) is 5.57 Å². The van der Waals surface area contributed by atoms with E-state index in [0.29, 0.717) is 0 Å². The highest BCUT2D eigenvalue weighted by atomic mass is 32.2. The summed E-state index contributed by atoms with van der Waals surface area (Å²) < 4.78 is 65.1.